The van der Waals surface area contributed by atoms with Crippen LogP contribution in [0, 0.1) is 0 Å². The fraction of sp³-hybridized carbons (Fsp3) is 0.179. The molecule has 5 aromatic rings. The van der Waals surface area contributed by atoms with Crippen LogP contribution in [0.4, 0.5) is 5.00 Å². The highest BCUT2D eigenvalue weighted by atomic mass is 32.1. The molecule has 0 saturated carbocycles. The number of hydrogen-bond acceptors (Lipinski definition) is 8. The second-order valence-corrected chi connectivity index (χ2v) is 12.0. The number of methoxy groups -OCH3 is 1. The molecule has 0 aliphatic carbocycles. The van der Waals surface area contributed by atoms with Crippen LogP contribution in [-0.2, 0) is 24.2 Å². The molecule has 0 unspecified atom stereocenters. The van der Waals surface area contributed by atoms with Crippen LogP contribution in [0.1, 0.15) is 36.0 Å². The fourth-order valence-corrected chi connectivity index (χ4v) is 7.75. The lowest BCUT2D eigenvalue weighted by Gasteiger charge is -2.27. The van der Waals surface area contributed by atoms with Crippen LogP contribution in [0.15, 0.2) is 66.7 Å². The van der Waals surface area contributed by atoms with Crippen molar-refractivity contribution in [2.45, 2.75) is 19.5 Å². The molecule has 0 bridgehead atoms. The van der Waals surface area contributed by atoms with Crippen LogP contribution in [-0.4, -0.2) is 35.4 Å². The van der Waals surface area contributed by atoms with E-state index in [1.54, 1.807) is 11.3 Å². The van der Waals surface area contributed by atoms with Crippen LogP contribution in [0.2, 0.25) is 0 Å². The molecule has 0 atom stereocenters. The molecular weight excluding hydrogens is 523 g/mol. The van der Waals surface area contributed by atoms with Gasteiger partial charge in [0, 0.05) is 24.5 Å². The summed E-state index contributed by atoms with van der Waals surface area (Å²) >= 11 is 4.48. The van der Waals surface area contributed by atoms with Crippen molar-refractivity contribution in [3.8, 4) is 9.88 Å². The second kappa shape index (κ2) is 10.2. The van der Waals surface area contributed by atoms with E-state index in [0.717, 1.165) is 56.6 Å². The van der Waals surface area contributed by atoms with Crippen molar-refractivity contribution in [3.05, 3.63) is 93.2 Å². The first kappa shape index (κ1) is 24.0. The van der Waals surface area contributed by atoms with Crippen molar-refractivity contribution in [1.82, 2.24) is 9.88 Å². The van der Waals surface area contributed by atoms with Gasteiger partial charge in [0.2, 0.25) is 0 Å². The maximum atomic E-state index is 13.2. The van der Waals surface area contributed by atoms with Crippen LogP contribution >= 0.6 is 34.0 Å². The molecule has 2 aromatic carbocycles. The number of amides is 1. The van der Waals surface area contributed by atoms with E-state index >= 15 is 0 Å². The Bertz CT molecular complexity index is 1570. The fourth-order valence-electron chi connectivity index (χ4n) is 4.56. The molecule has 4 heterocycles. The number of fused-ring (bicyclic) bond motifs is 2. The number of anilines is 1. The Labute approximate surface area is 226 Å². The smallest absolute Gasteiger partial charge is 0.341 e. The van der Waals surface area contributed by atoms with Crippen LogP contribution in [0.25, 0.3) is 20.1 Å². The molecule has 1 amide bonds. The molecule has 9 heteroatoms. The highest BCUT2D eigenvalue weighted by Gasteiger charge is 2.29. The monoisotopic (exact) mass is 545 g/mol. The predicted octanol–water partition coefficient (Wildman–Crippen LogP) is 6.68. The highest BCUT2D eigenvalue weighted by molar-refractivity contribution is 7.26. The minimum Gasteiger partial charge on any atom is -0.465 e. The summed E-state index contributed by atoms with van der Waals surface area (Å²) in [5.41, 5.74) is 3.68. The first-order chi connectivity index (χ1) is 18.1. The van der Waals surface area contributed by atoms with E-state index < -0.39 is 5.97 Å². The number of aromatic nitrogens is 1. The molecule has 186 valence electrons. The number of carbonyl (C=O) groups is 2. The maximum absolute atomic E-state index is 13.2. The molecule has 3 aromatic heterocycles. The van der Waals surface area contributed by atoms with Crippen LogP contribution < -0.4 is 5.32 Å². The molecule has 1 aliphatic rings. The van der Waals surface area contributed by atoms with Crippen molar-refractivity contribution in [3.63, 3.8) is 0 Å². The van der Waals surface area contributed by atoms with Gasteiger partial charge in [0.25, 0.3) is 5.91 Å². The Morgan fingerprint density at radius 3 is 2.62 bits per heavy atom. The minimum atomic E-state index is -0.411. The summed E-state index contributed by atoms with van der Waals surface area (Å²) in [4.78, 5) is 35.7. The van der Waals surface area contributed by atoms with Gasteiger partial charge in [-0.3, -0.25) is 9.69 Å². The van der Waals surface area contributed by atoms with Gasteiger partial charge in [-0.1, -0.05) is 42.5 Å². The number of thiazole rings is 1. The Hall–Kier alpha value is -3.37. The van der Waals surface area contributed by atoms with E-state index in [9.17, 15) is 9.59 Å². The lowest BCUT2D eigenvalue weighted by Crippen LogP contribution is -2.29. The number of nitrogens with zero attached hydrogens (tertiary/aromatic N) is 2. The molecule has 0 fully saturated rings. The molecule has 0 spiro atoms. The average Bonchev–Trinajstić information content (AvgIpc) is 3.65. The van der Waals surface area contributed by atoms with Gasteiger partial charge in [0.15, 0.2) is 0 Å². The number of thiophene rings is 2. The van der Waals surface area contributed by atoms with Gasteiger partial charge in [-0.05, 0) is 41.8 Å². The third-order valence-corrected chi connectivity index (χ3v) is 9.76. The highest BCUT2D eigenvalue weighted by Crippen LogP contribution is 2.39. The van der Waals surface area contributed by atoms with Crippen molar-refractivity contribution in [2.75, 3.05) is 19.0 Å². The molecule has 6 nitrogen and oxygen atoms in total. The van der Waals surface area contributed by atoms with Crippen LogP contribution in [0.3, 0.4) is 0 Å². The van der Waals surface area contributed by atoms with Crippen molar-refractivity contribution in [1.29, 1.82) is 0 Å². The zero-order chi connectivity index (χ0) is 25.4. The molecule has 6 rings (SSSR count). The van der Waals surface area contributed by atoms with Gasteiger partial charge in [0.1, 0.15) is 10.0 Å². The van der Waals surface area contributed by atoms with E-state index in [4.69, 9.17) is 9.72 Å². The summed E-state index contributed by atoms with van der Waals surface area (Å²) in [5.74, 6) is -0.645. The van der Waals surface area contributed by atoms with E-state index in [0.29, 0.717) is 15.4 Å². The standard InChI is InChI=1S/C28H23N3O3S3/c1-34-28(33)24-18-13-14-31(15-17-7-3-2-4-8-17)16-23(18)37-27(24)30-25(32)21-11-12-22(35-21)26-29-19-9-5-6-10-20(19)36-26/h2-12H,13-16H2,1H3,(H,30,32). The van der Waals surface area contributed by atoms with E-state index in [2.05, 4.69) is 22.3 Å². The normalized spacial score (nSPS) is 13.4. The summed E-state index contributed by atoms with van der Waals surface area (Å²) in [6, 6.07) is 22.1. The number of nitrogens with one attached hydrogen (secondary N) is 1. The van der Waals surface area contributed by atoms with Crippen LogP contribution in [0.5, 0.6) is 0 Å². The lowest BCUT2D eigenvalue weighted by atomic mass is 10.0. The number of rotatable bonds is 6. The summed E-state index contributed by atoms with van der Waals surface area (Å²) in [6.07, 6.45) is 0.736. The molecule has 0 saturated heterocycles. The predicted molar refractivity (Wildman–Crippen MR) is 151 cm³/mol. The first-order valence-electron chi connectivity index (χ1n) is 11.9. The van der Waals surface area contributed by atoms with Gasteiger partial charge in [0.05, 0.1) is 32.6 Å². The zero-order valence-electron chi connectivity index (χ0n) is 20.0. The molecule has 0 radical (unpaired) electrons. The third kappa shape index (κ3) is 4.83. The largest absolute Gasteiger partial charge is 0.465 e. The summed E-state index contributed by atoms with van der Waals surface area (Å²) in [7, 11) is 1.38. The minimum absolute atomic E-state index is 0.234. The first-order valence-corrected chi connectivity index (χ1v) is 14.3. The second-order valence-electron chi connectivity index (χ2n) is 8.75. The number of ether oxygens (including phenoxy) is 1. The van der Waals surface area contributed by atoms with E-state index in [1.165, 1.54) is 35.3 Å². The van der Waals surface area contributed by atoms with E-state index in [-0.39, 0.29) is 5.91 Å². The molecular formula is C28H23N3O3S3. The van der Waals surface area contributed by atoms with Crippen molar-refractivity contribution < 1.29 is 14.3 Å². The number of esters is 1. The average molecular weight is 546 g/mol. The van der Waals surface area contributed by atoms with Gasteiger partial charge in [-0.2, -0.15) is 0 Å². The number of para-hydroxylation sites is 1. The van der Waals surface area contributed by atoms with Crippen molar-refractivity contribution >= 4 is 61.1 Å². The third-order valence-electron chi connectivity index (χ3n) is 6.34. The molecule has 1 aliphatic heterocycles. The lowest BCUT2D eigenvalue weighted by molar-refractivity contribution is 0.0600. The molecule has 37 heavy (non-hydrogen) atoms. The molecule has 1 N–H and O–H groups in total. The topological polar surface area (TPSA) is 71.5 Å². The Kier molecular flexibility index (Phi) is 6.60. The Morgan fingerprint density at radius 1 is 1.00 bits per heavy atom. The maximum Gasteiger partial charge on any atom is 0.341 e. The van der Waals surface area contributed by atoms with E-state index in [1.807, 2.05) is 54.6 Å². The Morgan fingerprint density at radius 2 is 1.81 bits per heavy atom. The quantitative estimate of drug-likeness (QED) is 0.241. The summed E-state index contributed by atoms with van der Waals surface area (Å²) in [6.45, 7) is 2.42. The SMILES string of the molecule is COC(=O)c1c(NC(=O)c2ccc(-c3nc4ccccc4s3)s2)sc2c1CCN(Cc1ccccc1)C2. The number of benzene rings is 2. The van der Waals surface area contributed by atoms with Gasteiger partial charge in [-0.15, -0.1) is 34.0 Å². The van der Waals surface area contributed by atoms with Gasteiger partial charge >= 0.3 is 5.97 Å². The number of hydrogen-bond donors (Lipinski definition) is 1. The van der Waals surface area contributed by atoms with Gasteiger partial charge in [-0.25, -0.2) is 9.78 Å². The number of carbonyl (C=O) groups excluding carboxylic acids is 2. The summed E-state index contributed by atoms with van der Waals surface area (Å²) in [5, 5.41) is 4.46. The van der Waals surface area contributed by atoms with Crippen molar-refractivity contribution in [2.24, 2.45) is 0 Å². The Balaban J connectivity index is 1.23. The summed E-state index contributed by atoms with van der Waals surface area (Å²) < 4.78 is 6.22. The zero-order valence-corrected chi connectivity index (χ0v) is 22.5. The van der Waals surface area contributed by atoms with Gasteiger partial charge < -0.3 is 10.1 Å².